The van der Waals surface area contributed by atoms with Crippen LogP contribution in [0.4, 0.5) is 15.8 Å². The van der Waals surface area contributed by atoms with Gasteiger partial charge in [-0.2, -0.15) is 0 Å². The van der Waals surface area contributed by atoms with Crippen molar-refractivity contribution in [2.24, 2.45) is 0 Å². The van der Waals surface area contributed by atoms with Crippen LogP contribution < -0.4 is 10.0 Å². The molecule has 0 radical (unpaired) electrons. The highest BCUT2D eigenvalue weighted by Crippen LogP contribution is 2.21. The first-order chi connectivity index (χ1) is 12.1. The van der Waals surface area contributed by atoms with Crippen LogP contribution in [0.1, 0.15) is 18.0 Å². The molecule has 0 spiro atoms. The Kier molecular flexibility index (Phi) is 6.01. The quantitative estimate of drug-likeness (QED) is 0.564. The van der Waals surface area contributed by atoms with E-state index in [4.69, 9.17) is 0 Å². The van der Waals surface area contributed by atoms with Crippen LogP contribution in [0.5, 0.6) is 0 Å². The van der Waals surface area contributed by atoms with E-state index in [1.54, 1.807) is 0 Å². The predicted molar refractivity (Wildman–Crippen MR) is 93.5 cm³/mol. The van der Waals surface area contributed by atoms with Crippen LogP contribution in [0.15, 0.2) is 48.5 Å². The van der Waals surface area contributed by atoms with Crippen LogP contribution in [0.25, 0.3) is 0 Å². The van der Waals surface area contributed by atoms with Gasteiger partial charge in [-0.3, -0.25) is 14.9 Å². The van der Waals surface area contributed by atoms with Crippen molar-refractivity contribution in [1.29, 1.82) is 0 Å². The van der Waals surface area contributed by atoms with E-state index in [1.165, 1.54) is 36.4 Å². The number of hydrogen-bond donors (Lipinski definition) is 2. The SMILES string of the molecule is CS(=O)(=O)N[C@H](CC(=O)Nc1cccc([N+](=O)[O-])c1)c1ccc(F)cc1. The molecule has 0 aliphatic heterocycles. The van der Waals surface area contributed by atoms with Crippen molar-refractivity contribution >= 4 is 27.3 Å². The molecule has 138 valence electrons. The highest BCUT2D eigenvalue weighted by Gasteiger charge is 2.20. The Hall–Kier alpha value is -2.85. The molecule has 26 heavy (non-hydrogen) atoms. The Labute approximate surface area is 149 Å². The summed E-state index contributed by atoms with van der Waals surface area (Å²) < 4.78 is 38.5. The van der Waals surface area contributed by atoms with Gasteiger partial charge in [-0.05, 0) is 23.8 Å². The van der Waals surface area contributed by atoms with E-state index in [0.29, 0.717) is 5.56 Å². The molecule has 2 aromatic rings. The van der Waals surface area contributed by atoms with Crippen molar-refractivity contribution in [3.63, 3.8) is 0 Å². The molecule has 8 nitrogen and oxygen atoms in total. The highest BCUT2D eigenvalue weighted by molar-refractivity contribution is 7.88. The molecule has 0 heterocycles. The average Bonchev–Trinajstić information content (AvgIpc) is 2.53. The second-order valence-corrected chi connectivity index (χ2v) is 7.33. The minimum atomic E-state index is -3.63. The second-order valence-electron chi connectivity index (χ2n) is 5.55. The van der Waals surface area contributed by atoms with Gasteiger partial charge in [0.15, 0.2) is 0 Å². The molecule has 0 aromatic heterocycles. The van der Waals surface area contributed by atoms with Crippen LogP contribution in [-0.4, -0.2) is 25.5 Å². The number of nitro benzene ring substituents is 1. The number of carbonyl (C=O) groups is 1. The summed E-state index contributed by atoms with van der Waals surface area (Å²) in [6.07, 6.45) is 0.670. The Morgan fingerprint density at radius 2 is 1.88 bits per heavy atom. The summed E-state index contributed by atoms with van der Waals surface area (Å²) in [5, 5.41) is 13.3. The van der Waals surface area contributed by atoms with Crippen molar-refractivity contribution < 1.29 is 22.5 Å². The van der Waals surface area contributed by atoms with Crippen molar-refractivity contribution in [1.82, 2.24) is 4.72 Å². The summed E-state index contributed by atoms with van der Waals surface area (Å²) >= 11 is 0. The number of halogens is 1. The van der Waals surface area contributed by atoms with Gasteiger partial charge >= 0.3 is 0 Å². The Morgan fingerprint density at radius 1 is 1.23 bits per heavy atom. The minimum absolute atomic E-state index is 0.188. The summed E-state index contributed by atoms with van der Waals surface area (Å²) in [6, 6.07) is 9.51. The number of hydrogen-bond acceptors (Lipinski definition) is 5. The lowest BCUT2D eigenvalue weighted by molar-refractivity contribution is -0.384. The fourth-order valence-corrected chi connectivity index (χ4v) is 3.01. The monoisotopic (exact) mass is 381 g/mol. The third kappa shape index (κ3) is 5.90. The maximum Gasteiger partial charge on any atom is 0.271 e. The van der Waals surface area contributed by atoms with Crippen molar-refractivity contribution in [3.8, 4) is 0 Å². The molecule has 2 aromatic carbocycles. The largest absolute Gasteiger partial charge is 0.326 e. The molecule has 0 fully saturated rings. The van der Waals surface area contributed by atoms with Gasteiger partial charge in [-0.1, -0.05) is 18.2 Å². The van der Waals surface area contributed by atoms with E-state index < -0.39 is 32.7 Å². The van der Waals surface area contributed by atoms with E-state index >= 15 is 0 Å². The van der Waals surface area contributed by atoms with Crippen molar-refractivity contribution in [2.75, 3.05) is 11.6 Å². The first-order valence-electron chi connectivity index (χ1n) is 7.41. The number of nitrogens with one attached hydrogen (secondary N) is 2. The third-order valence-corrected chi connectivity index (χ3v) is 4.07. The van der Waals surface area contributed by atoms with Gasteiger partial charge in [-0.15, -0.1) is 0 Å². The number of carbonyl (C=O) groups excluding carboxylic acids is 1. The summed E-state index contributed by atoms with van der Waals surface area (Å²) in [6.45, 7) is 0. The molecule has 2 rings (SSSR count). The molecule has 0 aliphatic rings. The molecule has 2 N–H and O–H groups in total. The van der Waals surface area contributed by atoms with E-state index in [-0.39, 0.29) is 17.8 Å². The zero-order valence-corrected chi connectivity index (χ0v) is 14.5. The maximum atomic E-state index is 13.1. The number of sulfonamides is 1. The van der Waals surface area contributed by atoms with Crippen LogP contribution in [0, 0.1) is 15.9 Å². The van der Waals surface area contributed by atoms with Gasteiger partial charge < -0.3 is 5.32 Å². The van der Waals surface area contributed by atoms with E-state index in [2.05, 4.69) is 10.0 Å². The zero-order valence-electron chi connectivity index (χ0n) is 13.7. The third-order valence-electron chi connectivity index (χ3n) is 3.36. The topological polar surface area (TPSA) is 118 Å². The Morgan fingerprint density at radius 3 is 2.46 bits per heavy atom. The van der Waals surface area contributed by atoms with E-state index in [9.17, 15) is 27.7 Å². The molecule has 0 aliphatic carbocycles. The summed E-state index contributed by atoms with van der Waals surface area (Å²) in [7, 11) is -3.63. The van der Waals surface area contributed by atoms with Gasteiger partial charge in [0.2, 0.25) is 15.9 Å². The molecular weight excluding hydrogens is 365 g/mol. The summed E-state index contributed by atoms with van der Waals surface area (Å²) in [5.41, 5.74) is 0.430. The van der Waals surface area contributed by atoms with Gasteiger partial charge in [0.1, 0.15) is 5.82 Å². The number of nitro groups is 1. The minimum Gasteiger partial charge on any atom is -0.326 e. The molecule has 0 bridgehead atoms. The van der Waals surface area contributed by atoms with E-state index in [1.807, 2.05) is 0 Å². The second kappa shape index (κ2) is 8.02. The first-order valence-corrected chi connectivity index (χ1v) is 9.30. The van der Waals surface area contributed by atoms with E-state index in [0.717, 1.165) is 18.4 Å². The standard InChI is InChI=1S/C16H16FN3O5S/c1-26(24,25)19-15(11-5-7-12(17)8-6-11)10-16(21)18-13-3-2-4-14(9-13)20(22)23/h2-9,15,19H,10H2,1H3,(H,18,21)/t15-/m1/s1. The Balaban J connectivity index is 2.16. The maximum absolute atomic E-state index is 13.1. The normalized spacial score (nSPS) is 12.4. The number of amides is 1. The number of benzene rings is 2. The summed E-state index contributed by atoms with van der Waals surface area (Å²) in [4.78, 5) is 22.4. The number of rotatable bonds is 7. The number of nitrogens with zero attached hydrogens (tertiary/aromatic N) is 1. The molecule has 1 amide bonds. The van der Waals surface area contributed by atoms with Gasteiger partial charge in [0.25, 0.3) is 5.69 Å². The molecular formula is C16H16FN3O5S. The molecule has 0 unspecified atom stereocenters. The zero-order chi connectivity index (χ0) is 19.3. The van der Waals surface area contributed by atoms with Gasteiger partial charge in [0.05, 0.1) is 17.2 Å². The molecule has 1 atom stereocenters. The lowest BCUT2D eigenvalue weighted by Crippen LogP contribution is -2.30. The molecule has 0 saturated carbocycles. The fourth-order valence-electron chi connectivity index (χ4n) is 2.28. The first kappa shape index (κ1) is 19.5. The molecule has 0 saturated heterocycles. The summed E-state index contributed by atoms with van der Waals surface area (Å²) in [5.74, 6) is -1.05. The lowest BCUT2D eigenvalue weighted by Gasteiger charge is -2.18. The van der Waals surface area contributed by atoms with Crippen LogP contribution >= 0.6 is 0 Å². The highest BCUT2D eigenvalue weighted by atomic mass is 32.2. The van der Waals surface area contributed by atoms with Crippen LogP contribution in [0.2, 0.25) is 0 Å². The number of anilines is 1. The van der Waals surface area contributed by atoms with Crippen molar-refractivity contribution in [2.45, 2.75) is 12.5 Å². The van der Waals surface area contributed by atoms with Crippen LogP contribution in [0.3, 0.4) is 0 Å². The average molecular weight is 381 g/mol. The number of non-ortho nitro benzene ring substituents is 1. The predicted octanol–water partition coefficient (Wildman–Crippen LogP) is 2.35. The van der Waals surface area contributed by atoms with Gasteiger partial charge in [-0.25, -0.2) is 17.5 Å². The van der Waals surface area contributed by atoms with Gasteiger partial charge in [0, 0.05) is 24.2 Å². The smallest absolute Gasteiger partial charge is 0.271 e. The van der Waals surface area contributed by atoms with Crippen LogP contribution in [-0.2, 0) is 14.8 Å². The Bertz CT molecular complexity index is 916. The lowest BCUT2D eigenvalue weighted by atomic mass is 10.0. The van der Waals surface area contributed by atoms with Crippen molar-refractivity contribution in [3.05, 3.63) is 70.0 Å². The fraction of sp³-hybridized carbons (Fsp3) is 0.188. The molecule has 10 heteroatoms.